The van der Waals surface area contributed by atoms with Gasteiger partial charge >= 0.3 is 12.1 Å². The molecule has 0 aliphatic heterocycles. The number of halogens is 4. The number of carbonyl (C=O) groups is 1. The normalized spacial score (nSPS) is 11.5. The van der Waals surface area contributed by atoms with Gasteiger partial charge in [0, 0.05) is 34.3 Å². The molecule has 0 amide bonds. The lowest BCUT2D eigenvalue weighted by molar-refractivity contribution is -0.136. The molecule has 3 rings (SSSR count). The van der Waals surface area contributed by atoms with Gasteiger partial charge in [0.2, 0.25) is 0 Å². The predicted octanol–water partition coefficient (Wildman–Crippen LogP) is 4.04. The maximum atomic E-state index is 13.6. The third-order valence-corrected chi connectivity index (χ3v) is 4.86. The smallest absolute Gasteiger partial charge is 0.418 e. The van der Waals surface area contributed by atoms with Crippen molar-refractivity contribution in [2.75, 3.05) is 6.54 Å². The number of alkyl halides is 3. The molecule has 0 radical (unpaired) electrons. The Morgan fingerprint density at radius 2 is 1.87 bits per heavy atom. The second-order valence-electron chi connectivity index (χ2n) is 6.71. The molecule has 0 spiro atoms. The first kappa shape index (κ1) is 24.3. The van der Waals surface area contributed by atoms with E-state index >= 15 is 0 Å². The molecule has 7 nitrogen and oxygen atoms in total. The summed E-state index contributed by atoms with van der Waals surface area (Å²) in [5.41, 5.74) is -1.66. The van der Waals surface area contributed by atoms with Gasteiger partial charge in [0.05, 0.1) is 11.3 Å². The van der Waals surface area contributed by atoms with Gasteiger partial charge in [-0.1, -0.05) is 26.0 Å². The van der Waals surface area contributed by atoms with Crippen molar-refractivity contribution in [3.05, 3.63) is 50.9 Å². The molecule has 3 aromatic rings. The van der Waals surface area contributed by atoms with Crippen molar-refractivity contribution < 1.29 is 28.2 Å². The first-order valence-corrected chi connectivity index (χ1v) is 9.24. The maximum Gasteiger partial charge on any atom is 0.418 e. The number of nitrogens with one attached hydrogen (secondary N) is 3. The van der Waals surface area contributed by atoms with Crippen molar-refractivity contribution >= 4 is 29.3 Å². The molecule has 5 N–H and O–H groups in total. The lowest BCUT2D eigenvalue weighted by atomic mass is 9.99. The fraction of sp³-hybridized carbons (Fsp3) is 0.300. The highest BCUT2D eigenvalue weighted by Gasteiger charge is 2.37. The number of aromatic hydroxyl groups is 1. The molecule has 2 aromatic heterocycles. The number of carboxylic acid groups (broad SMARTS) is 1. The van der Waals surface area contributed by atoms with E-state index in [0.29, 0.717) is 12.1 Å². The van der Waals surface area contributed by atoms with Crippen LogP contribution in [-0.4, -0.2) is 32.7 Å². The van der Waals surface area contributed by atoms with Gasteiger partial charge in [-0.2, -0.15) is 13.2 Å². The minimum atomic E-state index is -4.56. The van der Waals surface area contributed by atoms with Crippen LogP contribution in [0.25, 0.3) is 22.2 Å². The van der Waals surface area contributed by atoms with Crippen LogP contribution in [0.4, 0.5) is 13.2 Å². The second kappa shape index (κ2) is 9.03. The monoisotopic (exact) mass is 459 g/mol. The molecule has 11 heteroatoms. The number of fused-ring (bicyclic) bond motifs is 1. The molecular formula is C20H21ClF3N3O4. The number of benzene rings is 1. The van der Waals surface area contributed by atoms with Crippen molar-refractivity contribution in [2.45, 2.75) is 33.0 Å². The third-order valence-electron chi connectivity index (χ3n) is 4.86. The summed E-state index contributed by atoms with van der Waals surface area (Å²) in [5, 5.41) is 22.3. The summed E-state index contributed by atoms with van der Waals surface area (Å²) in [6, 6.07) is 4.12. The Labute approximate surface area is 180 Å². The number of aromatic nitrogens is 2. The van der Waals surface area contributed by atoms with E-state index in [1.165, 1.54) is 18.2 Å². The van der Waals surface area contributed by atoms with Gasteiger partial charge in [-0.3, -0.25) is 4.79 Å². The Hall–Kier alpha value is -2.98. The summed E-state index contributed by atoms with van der Waals surface area (Å²) >= 11 is 0. The van der Waals surface area contributed by atoms with Crippen molar-refractivity contribution in [1.29, 1.82) is 0 Å². The van der Waals surface area contributed by atoms with Crippen LogP contribution < -0.4 is 10.9 Å². The van der Waals surface area contributed by atoms with Crippen LogP contribution in [0.2, 0.25) is 0 Å². The van der Waals surface area contributed by atoms with Gasteiger partial charge in [0.25, 0.3) is 5.56 Å². The highest BCUT2D eigenvalue weighted by atomic mass is 35.5. The molecule has 0 saturated carbocycles. The summed E-state index contributed by atoms with van der Waals surface area (Å²) in [7, 11) is 0. The van der Waals surface area contributed by atoms with E-state index < -0.39 is 34.6 Å². The summed E-state index contributed by atoms with van der Waals surface area (Å²) in [6.45, 7) is 3.94. The number of carboxylic acids is 1. The standard InChI is InChI=1S/C20H20F3N3O4.ClH/c1-3-10-16(26-18(28)14(17(10)27)19(29)30)9-5-6-11-12(7-9)25-13(8-24-4-2)15(11)20(21,22)23;/h5-7,24-25H,3-4,8H2,1-2H3,(H,29,30)(H2,26,27,28);1H. The fourth-order valence-corrected chi connectivity index (χ4v) is 3.53. The van der Waals surface area contributed by atoms with Crippen molar-refractivity contribution in [2.24, 2.45) is 0 Å². The van der Waals surface area contributed by atoms with Gasteiger partial charge in [-0.15, -0.1) is 12.4 Å². The number of aromatic amines is 2. The zero-order chi connectivity index (χ0) is 22.2. The van der Waals surface area contributed by atoms with E-state index in [1.54, 1.807) is 13.8 Å². The lowest BCUT2D eigenvalue weighted by Crippen LogP contribution is -2.20. The first-order chi connectivity index (χ1) is 14.1. The molecule has 0 atom stereocenters. The molecule has 31 heavy (non-hydrogen) atoms. The summed E-state index contributed by atoms with van der Waals surface area (Å²) in [4.78, 5) is 28.6. The number of hydrogen-bond donors (Lipinski definition) is 5. The third kappa shape index (κ3) is 4.40. The molecule has 2 heterocycles. The van der Waals surface area contributed by atoms with E-state index in [1.807, 2.05) is 0 Å². The molecular weight excluding hydrogens is 439 g/mol. The second-order valence-corrected chi connectivity index (χ2v) is 6.71. The van der Waals surface area contributed by atoms with E-state index in [2.05, 4.69) is 15.3 Å². The molecule has 0 aliphatic rings. The predicted molar refractivity (Wildman–Crippen MR) is 112 cm³/mol. The number of hydrogen-bond acceptors (Lipinski definition) is 4. The molecule has 168 valence electrons. The van der Waals surface area contributed by atoms with Gasteiger partial charge < -0.3 is 25.5 Å². The van der Waals surface area contributed by atoms with E-state index in [9.17, 15) is 27.9 Å². The number of H-pyrrole nitrogens is 2. The van der Waals surface area contributed by atoms with Crippen LogP contribution in [0.5, 0.6) is 5.75 Å². The topological polar surface area (TPSA) is 118 Å². The van der Waals surface area contributed by atoms with Gasteiger partial charge in [0.15, 0.2) is 5.56 Å². The van der Waals surface area contributed by atoms with Crippen LogP contribution in [0.15, 0.2) is 23.0 Å². The van der Waals surface area contributed by atoms with Crippen LogP contribution >= 0.6 is 12.4 Å². The molecule has 0 aliphatic carbocycles. The molecule has 0 bridgehead atoms. The minimum absolute atomic E-state index is 0. The first-order valence-electron chi connectivity index (χ1n) is 9.24. The van der Waals surface area contributed by atoms with Crippen LogP contribution in [0, 0.1) is 0 Å². The van der Waals surface area contributed by atoms with Crippen molar-refractivity contribution in [1.82, 2.24) is 15.3 Å². The van der Waals surface area contributed by atoms with Crippen molar-refractivity contribution in [3.8, 4) is 17.0 Å². The Morgan fingerprint density at radius 1 is 1.19 bits per heavy atom. The Balaban J connectivity index is 0.00000341. The minimum Gasteiger partial charge on any atom is -0.506 e. The van der Waals surface area contributed by atoms with Crippen molar-refractivity contribution in [3.63, 3.8) is 0 Å². The fourth-order valence-electron chi connectivity index (χ4n) is 3.53. The highest BCUT2D eigenvalue weighted by molar-refractivity contribution is 5.93. The van der Waals surface area contributed by atoms with Crippen LogP contribution in [0.3, 0.4) is 0 Å². The number of aromatic carboxylic acids is 1. The Morgan fingerprint density at radius 3 is 2.42 bits per heavy atom. The average Bonchev–Trinajstić information content (AvgIpc) is 3.03. The molecule has 0 saturated heterocycles. The number of pyridine rings is 1. The quantitative estimate of drug-likeness (QED) is 0.381. The SMILES string of the molecule is CCNCc1[nH]c2cc(-c3[nH]c(=O)c(C(=O)O)c(O)c3CC)ccc2c1C(F)(F)F.Cl. The zero-order valence-electron chi connectivity index (χ0n) is 16.6. The van der Waals surface area contributed by atoms with E-state index in [-0.39, 0.29) is 53.2 Å². The number of rotatable bonds is 6. The summed E-state index contributed by atoms with van der Waals surface area (Å²) in [6.07, 6.45) is -4.37. The average molecular weight is 460 g/mol. The highest BCUT2D eigenvalue weighted by Crippen LogP contribution is 2.39. The van der Waals surface area contributed by atoms with Crippen LogP contribution in [-0.2, 0) is 19.1 Å². The Bertz CT molecular complexity index is 1190. The van der Waals surface area contributed by atoms with Crippen LogP contribution in [0.1, 0.15) is 41.0 Å². The summed E-state index contributed by atoms with van der Waals surface area (Å²) < 4.78 is 40.9. The van der Waals surface area contributed by atoms with Gasteiger partial charge in [-0.05, 0) is 19.0 Å². The molecule has 0 fully saturated rings. The lowest BCUT2D eigenvalue weighted by Gasteiger charge is -2.12. The van der Waals surface area contributed by atoms with E-state index in [0.717, 1.165) is 0 Å². The summed E-state index contributed by atoms with van der Waals surface area (Å²) in [5.74, 6) is -2.23. The zero-order valence-corrected chi connectivity index (χ0v) is 17.4. The van der Waals surface area contributed by atoms with E-state index in [4.69, 9.17) is 5.11 Å². The van der Waals surface area contributed by atoms with Gasteiger partial charge in [-0.25, -0.2) is 4.79 Å². The Kier molecular flexibility index (Phi) is 7.07. The molecule has 1 aromatic carbocycles. The largest absolute Gasteiger partial charge is 0.506 e. The van der Waals surface area contributed by atoms with Gasteiger partial charge in [0.1, 0.15) is 5.75 Å². The molecule has 0 unspecified atom stereocenters. The maximum absolute atomic E-state index is 13.6.